The van der Waals surface area contributed by atoms with Crippen LogP contribution in [-0.2, 0) is 0 Å². The highest BCUT2D eigenvalue weighted by atomic mass is 16.4. The van der Waals surface area contributed by atoms with Gasteiger partial charge in [0.1, 0.15) is 11.3 Å². The second kappa shape index (κ2) is 5.97. The highest BCUT2D eigenvalue weighted by Crippen LogP contribution is 2.21. The predicted octanol–water partition coefficient (Wildman–Crippen LogP) is 3.08. The highest BCUT2D eigenvalue weighted by molar-refractivity contribution is 5.94. The molecule has 0 spiro atoms. The molecule has 0 saturated carbocycles. The average molecular weight is 269 g/mol. The Balaban J connectivity index is 2.58. The lowest BCUT2D eigenvalue weighted by Crippen LogP contribution is -1.97. The fourth-order valence-electron chi connectivity index (χ4n) is 1.83. The number of carbonyl (C=O) groups is 1. The van der Waals surface area contributed by atoms with Crippen LogP contribution in [0.15, 0.2) is 48.8 Å². The first-order valence-corrected chi connectivity index (χ1v) is 6.21. The van der Waals surface area contributed by atoms with Crippen LogP contribution in [0.5, 0.6) is 0 Å². The third-order valence-corrected chi connectivity index (χ3v) is 2.75. The molecule has 0 aliphatic heterocycles. The van der Waals surface area contributed by atoms with E-state index in [1.54, 1.807) is 29.1 Å². The van der Waals surface area contributed by atoms with Crippen LogP contribution in [0.1, 0.15) is 24.2 Å². The molecule has 0 amide bonds. The molecule has 2 aromatic rings. The lowest BCUT2D eigenvalue weighted by molar-refractivity contribution is 0.0697. The first-order valence-electron chi connectivity index (χ1n) is 6.21. The van der Waals surface area contributed by atoms with E-state index in [4.69, 9.17) is 0 Å². The van der Waals surface area contributed by atoms with Crippen molar-refractivity contribution in [2.75, 3.05) is 0 Å². The van der Waals surface area contributed by atoms with Gasteiger partial charge in [-0.05, 0) is 32.1 Å². The van der Waals surface area contributed by atoms with E-state index < -0.39 is 5.97 Å². The summed E-state index contributed by atoms with van der Waals surface area (Å²) in [6, 6.07) is 5.32. The van der Waals surface area contributed by atoms with Crippen LogP contribution < -0.4 is 0 Å². The van der Waals surface area contributed by atoms with E-state index in [1.165, 1.54) is 6.20 Å². The van der Waals surface area contributed by atoms with Gasteiger partial charge in [-0.3, -0.25) is 4.98 Å². The first kappa shape index (κ1) is 13.7. The minimum Gasteiger partial charge on any atom is -0.478 e. The van der Waals surface area contributed by atoms with Crippen molar-refractivity contribution in [1.82, 2.24) is 14.8 Å². The molecule has 1 N–H and O–H groups in total. The van der Waals surface area contributed by atoms with Gasteiger partial charge in [-0.15, -0.1) is 0 Å². The summed E-state index contributed by atoms with van der Waals surface area (Å²) in [4.78, 5) is 15.5. The predicted molar refractivity (Wildman–Crippen MR) is 77.2 cm³/mol. The monoisotopic (exact) mass is 269 g/mol. The molecule has 0 aliphatic carbocycles. The number of hydrogen-bond donors (Lipinski definition) is 1. The summed E-state index contributed by atoms with van der Waals surface area (Å²) < 4.78 is 1.55. The number of rotatable bonds is 4. The molecule has 0 fully saturated rings. The summed E-state index contributed by atoms with van der Waals surface area (Å²) in [6.45, 7) is 3.77. The minimum atomic E-state index is -1.02. The Morgan fingerprint density at radius 2 is 2.15 bits per heavy atom. The molecule has 5 heteroatoms. The Hall–Kier alpha value is -2.69. The molecule has 0 aliphatic rings. The quantitative estimate of drug-likeness (QED) is 0.866. The number of carboxylic acid groups (broad SMARTS) is 1. The van der Waals surface area contributed by atoms with E-state index >= 15 is 0 Å². The van der Waals surface area contributed by atoms with Gasteiger partial charge in [0, 0.05) is 12.4 Å². The molecule has 20 heavy (non-hydrogen) atoms. The fourth-order valence-corrected chi connectivity index (χ4v) is 1.83. The zero-order valence-corrected chi connectivity index (χ0v) is 11.3. The van der Waals surface area contributed by atoms with Gasteiger partial charge in [0.25, 0.3) is 0 Å². The van der Waals surface area contributed by atoms with Crippen LogP contribution in [0, 0.1) is 0 Å². The van der Waals surface area contributed by atoms with Crippen molar-refractivity contribution < 1.29 is 9.90 Å². The molecule has 0 radical (unpaired) electrons. The third-order valence-electron chi connectivity index (χ3n) is 2.75. The van der Waals surface area contributed by atoms with Crippen LogP contribution in [0.4, 0.5) is 0 Å². The van der Waals surface area contributed by atoms with Gasteiger partial charge in [0.15, 0.2) is 0 Å². The van der Waals surface area contributed by atoms with Crippen molar-refractivity contribution in [3.05, 3.63) is 54.4 Å². The van der Waals surface area contributed by atoms with Crippen LogP contribution in [0.25, 0.3) is 17.1 Å². The summed E-state index contributed by atoms with van der Waals surface area (Å²) in [7, 11) is 0. The van der Waals surface area contributed by atoms with Crippen molar-refractivity contribution >= 4 is 11.7 Å². The topological polar surface area (TPSA) is 68.0 Å². The van der Waals surface area contributed by atoms with Crippen LogP contribution in [0.3, 0.4) is 0 Å². The normalized spacial score (nSPS) is 12.0. The van der Waals surface area contributed by atoms with Gasteiger partial charge in [-0.1, -0.05) is 18.2 Å². The molecule has 2 heterocycles. The summed E-state index contributed by atoms with van der Waals surface area (Å²) in [5.74, 6) is -1.02. The Kier molecular flexibility index (Phi) is 4.10. The number of aromatic nitrogens is 3. The molecule has 2 aromatic heterocycles. The van der Waals surface area contributed by atoms with Crippen molar-refractivity contribution in [3.63, 3.8) is 0 Å². The van der Waals surface area contributed by atoms with Crippen LogP contribution >= 0.6 is 0 Å². The molecule has 0 atom stereocenters. The lowest BCUT2D eigenvalue weighted by Gasteiger charge is -2.00. The molecule has 0 unspecified atom stereocenters. The average Bonchev–Trinajstić information content (AvgIpc) is 2.91. The van der Waals surface area contributed by atoms with Gasteiger partial charge in [0.2, 0.25) is 0 Å². The van der Waals surface area contributed by atoms with Gasteiger partial charge >= 0.3 is 5.97 Å². The maximum Gasteiger partial charge on any atom is 0.339 e. The van der Waals surface area contributed by atoms with Gasteiger partial charge in [-0.25, -0.2) is 9.48 Å². The Morgan fingerprint density at radius 1 is 1.35 bits per heavy atom. The molecule has 0 saturated heterocycles. The summed E-state index contributed by atoms with van der Waals surface area (Å²) in [5, 5.41) is 13.7. The van der Waals surface area contributed by atoms with Crippen molar-refractivity contribution in [2.45, 2.75) is 13.8 Å². The molecule has 0 aromatic carbocycles. The first-order chi connectivity index (χ1) is 9.67. The van der Waals surface area contributed by atoms with E-state index in [-0.39, 0.29) is 5.56 Å². The van der Waals surface area contributed by atoms with Crippen LogP contribution in [0.2, 0.25) is 0 Å². The number of allylic oxidation sites excluding steroid dienone is 4. The summed E-state index contributed by atoms with van der Waals surface area (Å²) in [5.41, 5.74) is 1.84. The zero-order chi connectivity index (χ0) is 14.5. The summed E-state index contributed by atoms with van der Waals surface area (Å²) >= 11 is 0. The number of carboxylic acids is 1. The van der Waals surface area contributed by atoms with Crippen molar-refractivity contribution in [1.29, 1.82) is 0 Å². The molecule has 102 valence electrons. The number of aromatic carboxylic acids is 1. The number of nitrogens with zero attached hydrogens (tertiary/aromatic N) is 3. The molecule has 0 bridgehead atoms. The second-order valence-electron chi connectivity index (χ2n) is 4.07. The van der Waals surface area contributed by atoms with Gasteiger partial charge in [-0.2, -0.15) is 5.10 Å². The number of pyridine rings is 1. The van der Waals surface area contributed by atoms with E-state index in [0.717, 1.165) is 5.70 Å². The van der Waals surface area contributed by atoms with E-state index in [9.17, 15) is 9.90 Å². The maximum absolute atomic E-state index is 11.4. The molecular formula is C15H15N3O2. The second-order valence-corrected chi connectivity index (χ2v) is 4.07. The van der Waals surface area contributed by atoms with Crippen molar-refractivity contribution in [2.24, 2.45) is 0 Å². The lowest BCUT2D eigenvalue weighted by atomic mass is 10.2. The molecule has 5 nitrogen and oxygen atoms in total. The van der Waals surface area contributed by atoms with Gasteiger partial charge in [0.05, 0.1) is 11.4 Å². The largest absolute Gasteiger partial charge is 0.478 e. The van der Waals surface area contributed by atoms with E-state index in [1.807, 2.05) is 32.1 Å². The standard InChI is InChI=1S/C15H15N3O2/c1-3-7-11(4-2)18-10-12(15(19)20)14(17-18)13-8-5-6-9-16-13/h3-10H,1-2H3,(H,19,20)/b7-3-,11-4+. The fraction of sp³-hybridized carbons (Fsp3) is 0.133. The number of hydrogen-bond acceptors (Lipinski definition) is 3. The highest BCUT2D eigenvalue weighted by Gasteiger charge is 2.18. The Bertz CT molecular complexity index is 670. The zero-order valence-electron chi connectivity index (χ0n) is 11.3. The van der Waals surface area contributed by atoms with Gasteiger partial charge < -0.3 is 5.11 Å². The Labute approximate surface area is 116 Å². The SMILES string of the molecule is C/C=C\C(=C/C)n1cc(C(=O)O)c(-c2ccccn2)n1. The Morgan fingerprint density at radius 3 is 2.70 bits per heavy atom. The summed E-state index contributed by atoms with van der Waals surface area (Å²) in [6.07, 6.45) is 8.71. The van der Waals surface area contributed by atoms with Crippen LogP contribution in [-0.4, -0.2) is 25.8 Å². The molecule has 2 rings (SSSR count). The third kappa shape index (κ3) is 2.66. The van der Waals surface area contributed by atoms with E-state index in [2.05, 4.69) is 10.1 Å². The van der Waals surface area contributed by atoms with Crippen molar-refractivity contribution in [3.8, 4) is 11.4 Å². The van der Waals surface area contributed by atoms with E-state index in [0.29, 0.717) is 11.4 Å². The smallest absolute Gasteiger partial charge is 0.339 e. The maximum atomic E-state index is 11.4. The molecular weight excluding hydrogens is 254 g/mol. The minimum absolute atomic E-state index is 0.132.